The highest BCUT2D eigenvalue weighted by atomic mass is 16.6. The highest BCUT2D eigenvalue weighted by molar-refractivity contribution is 5.75. The van der Waals surface area contributed by atoms with E-state index in [4.69, 9.17) is 33.2 Å². The quantitative estimate of drug-likeness (QED) is 0.219. The van der Waals surface area contributed by atoms with E-state index >= 15 is 0 Å². The van der Waals surface area contributed by atoms with Gasteiger partial charge in [-0.1, -0.05) is 20.8 Å². The van der Waals surface area contributed by atoms with E-state index in [1.165, 1.54) is 0 Å². The first kappa shape index (κ1) is 30.2. The van der Waals surface area contributed by atoms with E-state index < -0.39 is 5.41 Å². The van der Waals surface area contributed by atoms with Crippen LogP contribution in [-0.4, -0.2) is 91.9 Å². The molecule has 0 aliphatic heterocycles. The SMILES string of the molecule is COCCOCCOCCOCCOC(COCCOC(=O)C(C)(C)C)CC(C)(C)C. The van der Waals surface area contributed by atoms with Crippen LogP contribution >= 0.6 is 0 Å². The molecule has 0 rings (SSSR count). The topological polar surface area (TPSA) is 81.7 Å². The van der Waals surface area contributed by atoms with Gasteiger partial charge in [-0.2, -0.15) is 0 Å². The summed E-state index contributed by atoms with van der Waals surface area (Å²) in [5.41, 5.74) is -0.381. The number of ether oxygens (including phenoxy) is 7. The molecule has 0 aromatic heterocycles. The van der Waals surface area contributed by atoms with Crippen molar-refractivity contribution in [2.45, 2.75) is 54.1 Å². The average molecular weight is 451 g/mol. The zero-order valence-electron chi connectivity index (χ0n) is 20.8. The molecule has 1 unspecified atom stereocenters. The van der Waals surface area contributed by atoms with Crippen molar-refractivity contribution in [3.63, 3.8) is 0 Å². The third-order valence-electron chi connectivity index (χ3n) is 3.97. The van der Waals surface area contributed by atoms with E-state index in [9.17, 15) is 4.79 Å². The highest BCUT2D eigenvalue weighted by Crippen LogP contribution is 2.22. The minimum Gasteiger partial charge on any atom is -0.463 e. The Kier molecular flexibility index (Phi) is 17.3. The third-order valence-corrected chi connectivity index (χ3v) is 3.97. The molecule has 0 aliphatic carbocycles. The molecule has 0 heterocycles. The molecule has 0 aromatic carbocycles. The molecule has 0 radical (unpaired) electrons. The maximum absolute atomic E-state index is 11.8. The van der Waals surface area contributed by atoms with E-state index in [2.05, 4.69) is 20.8 Å². The molecule has 186 valence electrons. The van der Waals surface area contributed by atoms with Crippen molar-refractivity contribution in [1.29, 1.82) is 0 Å². The van der Waals surface area contributed by atoms with Crippen LogP contribution in [0.5, 0.6) is 0 Å². The minimum atomic E-state index is -0.499. The molecule has 0 aromatic rings. The highest BCUT2D eigenvalue weighted by Gasteiger charge is 2.23. The summed E-state index contributed by atoms with van der Waals surface area (Å²) in [4.78, 5) is 11.8. The van der Waals surface area contributed by atoms with Crippen molar-refractivity contribution in [3.05, 3.63) is 0 Å². The Morgan fingerprint density at radius 3 is 1.65 bits per heavy atom. The van der Waals surface area contributed by atoms with Gasteiger partial charge in [0.15, 0.2) is 0 Å². The summed E-state index contributed by atoms with van der Waals surface area (Å²) in [7, 11) is 1.65. The van der Waals surface area contributed by atoms with Gasteiger partial charge in [0.25, 0.3) is 0 Å². The van der Waals surface area contributed by atoms with Crippen molar-refractivity contribution in [2.24, 2.45) is 10.8 Å². The standard InChI is InChI=1S/C23H46O8/c1-22(2,3)18-20(19-29-15-17-31-21(24)23(4,5)6)30-16-14-28-13-12-27-11-10-26-9-8-25-7/h20H,8-19H2,1-7H3. The Morgan fingerprint density at radius 1 is 0.677 bits per heavy atom. The summed E-state index contributed by atoms with van der Waals surface area (Å²) in [5.74, 6) is -0.224. The van der Waals surface area contributed by atoms with E-state index in [0.717, 1.165) is 6.42 Å². The van der Waals surface area contributed by atoms with Crippen LogP contribution in [0.1, 0.15) is 48.0 Å². The summed E-state index contributed by atoms with van der Waals surface area (Å²) < 4.78 is 38.0. The summed E-state index contributed by atoms with van der Waals surface area (Å²) in [6, 6.07) is 0. The molecule has 0 N–H and O–H groups in total. The van der Waals surface area contributed by atoms with Crippen molar-refractivity contribution >= 4 is 5.97 Å². The van der Waals surface area contributed by atoms with Crippen LogP contribution in [0.4, 0.5) is 0 Å². The molecular weight excluding hydrogens is 404 g/mol. The number of rotatable bonds is 19. The van der Waals surface area contributed by atoms with Crippen molar-refractivity contribution < 1.29 is 38.0 Å². The van der Waals surface area contributed by atoms with Gasteiger partial charge in [-0.3, -0.25) is 4.79 Å². The number of hydrogen-bond donors (Lipinski definition) is 0. The van der Waals surface area contributed by atoms with Crippen molar-refractivity contribution in [3.8, 4) is 0 Å². The van der Waals surface area contributed by atoms with Crippen LogP contribution in [0.3, 0.4) is 0 Å². The Labute approximate surface area is 189 Å². The lowest BCUT2D eigenvalue weighted by Gasteiger charge is -2.26. The first-order valence-corrected chi connectivity index (χ1v) is 11.1. The Morgan fingerprint density at radius 2 is 1.16 bits per heavy atom. The monoisotopic (exact) mass is 450 g/mol. The Bertz CT molecular complexity index is 428. The van der Waals surface area contributed by atoms with Gasteiger partial charge in [0, 0.05) is 7.11 Å². The third kappa shape index (κ3) is 20.9. The minimum absolute atomic E-state index is 0.0394. The number of hydrogen-bond acceptors (Lipinski definition) is 8. The Hall–Kier alpha value is -0.770. The van der Waals surface area contributed by atoms with Gasteiger partial charge in [-0.15, -0.1) is 0 Å². The largest absolute Gasteiger partial charge is 0.463 e. The fourth-order valence-corrected chi connectivity index (χ4v) is 2.43. The zero-order chi connectivity index (χ0) is 23.6. The molecule has 1 atom stereocenters. The number of carbonyl (C=O) groups excluding carboxylic acids is 1. The van der Waals surface area contributed by atoms with Crippen LogP contribution in [-0.2, 0) is 38.0 Å². The van der Waals surface area contributed by atoms with Crippen molar-refractivity contribution in [2.75, 3.05) is 79.8 Å². The average Bonchev–Trinajstić information content (AvgIpc) is 2.66. The molecule has 0 saturated carbocycles. The fraction of sp³-hybridized carbons (Fsp3) is 0.957. The maximum Gasteiger partial charge on any atom is 0.311 e. The van der Waals surface area contributed by atoms with E-state index in [-0.39, 0.29) is 24.1 Å². The molecule has 31 heavy (non-hydrogen) atoms. The normalized spacial score (nSPS) is 13.4. The van der Waals surface area contributed by atoms with Gasteiger partial charge in [-0.05, 0) is 32.6 Å². The molecule has 8 heteroatoms. The van der Waals surface area contributed by atoms with Crippen LogP contribution in [0.2, 0.25) is 0 Å². The molecule has 0 fully saturated rings. The number of methoxy groups -OCH3 is 1. The van der Waals surface area contributed by atoms with E-state index in [0.29, 0.717) is 66.1 Å². The molecule has 0 spiro atoms. The van der Waals surface area contributed by atoms with Gasteiger partial charge < -0.3 is 33.2 Å². The molecule has 0 amide bonds. The first-order valence-electron chi connectivity index (χ1n) is 11.1. The van der Waals surface area contributed by atoms with Crippen molar-refractivity contribution in [1.82, 2.24) is 0 Å². The summed E-state index contributed by atoms with van der Waals surface area (Å²) >= 11 is 0. The van der Waals surface area contributed by atoms with E-state index in [1.54, 1.807) is 7.11 Å². The van der Waals surface area contributed by atoms with Gasteiger partial charge >= 0.3 is 5.97 Å². The molecule has 0 saturated heterocycles. The van der Waals surface area contributed by atoms with Gasteiger partial charge in [0.2, 0.25) is 0 Å². The van der Waals surface area contributed by atoms with Crippen LogP contribution < -0.4 is 0 Å². The second-order valence-electron chi connectivity index (χ2n) is 9.55. The second-order valence-corrected chi connectivity index (χ2v) is 9.55. The second kappa shape index (κ2) is 17.7. The molecule has 8 nitrogen and oxygen atoms in total. The number of carbonyl (C=O) groups is 1. The predicted octanol–water partition coefficient (Wildman–Crippen LogP) is 3.11. The first-order chi connectivity index (χ1) is 14.6. The molecule has 0 bridgehead atoms. The van der Waals surface area contributed by atoms with Crippen LogP contribution in [0.25, 0.3) is 0 Å². The summed E-state index contributed by atoms with van der Waals surface area (Å²) in [6.45, 7) is 17.3. The smallest absolute Gasteiger partial charge is 0.311 e. The summed E-state index contributed by atoms with van der Waals surface area (Å²) in [5, 5.41) is 0. The molecule has 0 aliphatic rings. The van der Waals surface area contributed by atoms with Crippen LogP contribution in [0.15, 0.2) is 0 Å². The lowest BCUT2D eigenvalue weighted by Crippen LogP contribution is -2.29. The zero-order valence-corrected chi connectivity index (χ0v) is 20.8. The number of esters is 1. The fourth-order valence-electron chi connectivity index (χ4n) is 2.43. The molecular formula is C23H46O8. The van der Waals surface area contributed by atoms with Gasteiger partial charge in [0.1, 0.15) is 6.61 Å². The lowest BCUT2D eigenvalue weighted by molar-refractivity contribution is -0.155. The lowest BCUT2D eigenvalue weighted by atomic mass is 9.89. The van der Waals surface area contributed by atoms with Crippen LogP contribution in [0, 0.1) is 10.8 Å². The van der Waals surface area contributed by atoms with Gasteiger partial charge in [0.05, 0.1) is 77.6 Å². The van der Waals surface area contributed by atoms with Gasteiger partial charge in [-0.25, -0.2) is 0 Å². The van der Waals surface area contributed by atoms with E-state index in [1.807, 2.05) is 20.8 Å². The maximum atomic E-state index is 11.8. The Balaban J connectivity index is 3.83. The summed E-state index contributed by atoms with van der Waals surface area (Å²) in [6.07, 6.45) is 0.823. The predicted molar refractivity (Wildman–Crippen MR) is 119 cm³/mol.